The van der Waals surface area contributed by atoms with Gasteiger partial charge in [-0.25, -0.2) is 4.39 Å². The fourth-order valence-corrected chi connectivity index (χ4v) is 2.46. The molecule has 0 aliphatic rings. The molecule has 2 aromatic rings. The van der Waals surface area contributed by atoms with Crippen molar-refractivity contribution in [2.45, 2.75) is 26.9 Å². The zero-order valence-corrected chi connectivity index (χ0v) is 15.2. The fourth-order valence-electron chi connectivity index (χ4n) is 2.46. The molecule has 1 atom stereocenters. The maximum atomic E-state index is 12.9. The van der Waals surface area contributed by atoms with Crippen molar-refractivity contribution >= 4 is 17.5 Å². The second kappa shape index (κ2) is 8.99. The third kappa shape index (κ3) is 4.81. The van der Waals surface area contributed by atoms with Crippen molar-refractivity contribution in [1.82, 2.24) is 4.90 Å². The Morgan fingerprint density at radius 2 is 1.69 bits per heavy atom. The molecular formula is C20H23FN2O3. The summed E-state index contributed by atoms with van der Waals surface area (Å²) in [6.07, 6.45) is -0.808. The van der Waals surface area contributed by atoms with E-state index < -0.39 is 12.0 Å². The Bertz CT molecular complexity index is 758. The van der Waals surface area contributed by atoms with Crippen LogP contribution in [0.2, 0.25) is 0 Å². The van der Waals surface area contributed by atoms with Gasteiger partial charge >= 0.3 is 0 Å². The molecule has 0 bridgehead atoms. The predicted molar refractivity (Wildman–Crippen MR) is 98.8 cm³/mol. The third-order valence-corrected chi connectivity index (χ3v) is 3.96. The molecule has 0 aliphatic carbocycles. The number of para-hydroxylation sites is 1. The predicted octanol–water partition coefficient (Wildman–Crippen LogP) is 3.71. The number of ether oxygens (including phenoxy) is 1. The first kappa shape index (κ1) is 19.4. The van der Waals surface area contributed by atoms with E-state index in [9.17, 15) is 14.0 Å². The first-order valence-electron chi connectivity index (χ1n) is 8.57. The molecule has 2 rings (SSSR count). The molecule has 0 heterocycles. The number of hydrogen-bond donors (Lipinski definition) is 1. The number of nitrogens with one attached hydrogen (secondary N) is 1. The van der Waals surface area contributed by atoms with Gasteiger partial charge in [-0.05, 0) is 57.2 Å². The van der Waals surface area contributed by atoms with Gasteiger partial charge < -0.3 is 15.0 Å². The Morgan fingerprint density at radius 1 is 1.08 bits per heavy atom. The van der Waals surface area contributed by atoms with E-state index in [1.165, 1.54) is 24.3 Å². The Kier molecular flexibility index (Phi) is 6.72. The molecule has 0 saturated heterocycles. The minimum atomic E-state index is -0.808. The highest BCUT2D eigenvalue weighted by Gasteiger charge is 2.20. The molecule has 5 nitrogen and oxygen atoms in total. The van der Waals surface area contributed by atoms with Crippen LogP contribution in [-0.4, -0.2) is 35.9 Å². The lowest BCUT2D eigenvalue weighted by molar-refractivity contribution is -0.122. The number of hydrogen-bond acceptors (Lipinski definition) is 3. The van der Waals surface area contributed by atoms with E-state index >= 15 is 0 Å². The summed E-state index contributed by atoms with van der Waals surface area (Å²) in [5.74, 6) is -0.521. The summed E-state index contributed by atoms with van der Waals surface area (Å²) in [6, 6.07) is 12.3. The Balaban J connectivity index is 2.11. The van der Waals surface area contributed by atoms with Crippen molar-refractivity contribution < 1.29 is 18.7 Å². The largest absolute Gasteiger partial charge is 0.481 e. The number of carbonyl (C=O) groups excluding carboxylic acids is 2. The molecule has 0 radical (unpaired) electrons. The van der Waals surface area contributed by atoms with Gasteiger partial charge in [0.2, 0.25) is 0 Å². The first-order chi connectivity index (χ1) is 12.5. The highest BCUT2D eigenvalue weighted by Crippen LogP contribution is 2.19. The number of carbonyl (C=O) groups is 2. The van der Waals surface area contributed by atoms with Crippen LogP contribution in [0.5, 0.6) is 5.75 Å². The molecule has 2 amide bonds. The lowest BCUT2D eigenvalue weighted by Crippen LogP contribution is -2.33. The zero-order valence-electron chi connectivity index (χ0n) is 15.2. The van der Waals surface area contributed by atoms with Crippen molar-refractivity contribution in [3.05, 3.63) is 59.9 Å². The molecule has 1 N–H and O–H groups in total. The van der Waals surface area contributed by atoms with Gasteiger partial charge in [0.1, 0.15) is 11.6 Å². The van der Waals surface area contributed by atoms with Crippen LogP contribution in [0.3, 0.4) is 0 Å². The number of anilines is 1. The quantitative estimate of drug-likeness (QED) is 0.821. The second-order valence-corrected chi connectivity index (χ2v) is 5.73. The summed E-state index contributed by atoms with van der Waals surface area (Å²) in [4.78, 5) is 26.7. The molecule has 0 unspecified atom stereocenters. The number of amides is 2. The van der Waals surface area contributed by atoms with Crippen LogP contribution in [0.25, 0.3) is 0 Å². The summed E-state index contributed by atoms with van der Waals surface area (Å²) in [7, 11) is 0. The van der Waals surface area contributed by atoms with E-state index in [0.29, 0.717) is 30.1 Å². The normalized spacial score (nSPS) is 11.5. The smallest absolute Gasteiger partial charge is 0.265 e. The first-order valence-corrected chi connectivity index (χ1v) is 8.57. The monoisotopic (exact) mass is 358 g/mol. The van der Waals surface area contributed by atoms with Gasteiger partial charge in [0.15, 0.2) is 6.10 Å². The summed E-state index contributed by atoms with van der Waals surface area (Å²) in [6.45, 7) is 6.57. The summed E-state index contributed by atoms with van der Waals surface area (Å²) in [5.41, 5.74) is 0.863. The van der Waals surface area contributed by atoms with Gasteiger partial charge in [-0.2, -0.15) is 0 Å². The molecule has 6 heteroatoms. The molecule has 0 saturated carbocycles. The van der Waals surface area contributed by atoms with Crippen molar-refractivity contribution in [3.8, 4) is 5.75 Å². The standard InChI is InChI=1S/C20H23FN2O3/c1-4-23(5-2)20(25)17-8-6-7-9-18(17)22-19(24)14(3)26-16-12-10-15(21)11-13-16/h6-14H,4-5H2,1-3H3,(H,22,24)/t14-/m0/s1. The molecule has 0 spiro atoms. The van der Waals surface area contributed by atoms with Crippen LogP contribution in [0.15, 0.2) is 48.5 Å². The number of nitrogens with zero attached hydrogens (tertiary/aromatic N) is 1. The topological polar surface area (TPSA) is 58.6 Å². The van der Waals surface area contributed by atoms with Crippen LogP contribution >= 0.6 is 0 Å². The minimum absolute atomic E-state index is 0.141. The van der Waals surface area contributed by atoms with Crippen LogP contribution in [0.1, 0.15) is 31.1 Å². The van der Waals surface area contributed by atoms with Gasteiger partial charge in [-0.15, -0.1) is 0 Å². The van der Waals surface area contributed by atoms with Gasteiger partial charge in [0.25, 0.3) is 11.8 Å². The van der Waals surface area contributed by atoms with Crippen molar-refractivity contribution in [3.63, 3.8) is 0 Å². The van der Waals surface area contributed by atoms with Crippen LogP contribution in [0, 0.1) is 5.82 Å². The highest BCUT2D eigenvalue weighted by molar-refractivity contribution is 6.04. The SMILES string of the molecule is CCN(CC)C(=O)c1ccccc1NC(=O)[C@H](C)Oc1ccc(F)cc1. The van der Waals surface area contributed by atoms with E-state index in [1.54, 1.807) is 36.1 Å². The fraction of sp³-hybridized carbons (Fsp3) is 0.300. The summed E-state index contributed by atoms with van der Waals surface area (Å²) in [5, 5.41) is 2.74. The molecular weight excluding hydrogens is 335 g/mol. The van der Waals surface area contributed by atoms with Crippen molar-refractivity contribution in [1.29, 1.82) is 0 Å². The Hall–Kier alpha value is -2.89. The number of benzene rings is 2. The lowest BCUT2D eigenvalue weighted by atomic mass is 10.1. The Morgan fingerprint density at radius 3 is 2.31 bits per heavy atom. The minimum Gasteiger partial charge on any atom is -0.481 e. The highest BCUT2D eigenvalue weighted by atomic mass is 19.1. The Labute approximate surface area is 152 Å². The summed E-state index contributed by atoms with van der Waals surface area (Å²) >= 11 is 0. The maximum absolute atomic E-state index is 12.9. The van der Waals surface area contributed by atoms with Crippen molar-refractivity contribution in [2.24, 2.45) is 0 Å². The average Bonchev–Trinajstić information content (AvgIpc) is 2.64. The van der Waals surface area contributed by atoms with Crippen LogP contribution in [-0.2, 0) is 4.79 Å². The molecule has 0 aromatic heterocycles. The van der Waals surface area contributed by atoms with Crippen molar-refractivity contribution in [2.75, 3.05) is 18.4 Å². The van der Waals surface area contributed by atoms with Crippen LogP contribution < -0.4 is 10.1 Å². The van der Waals surface area contributed by atoms with E-state index in [-0.39, 0.29) is 11.7 Å². The number of rotatable bonds is 7. The number of halogens is 1. The van der Waals surface area contributed by atoms with E-state index in [2.05, 4.69) is 5.32 Å². The zero-order chi connectivity index (χ0) is 19.1. The van der Waals surface area contributed by atoms with Gasteiger partial charge in [0.05, 0.1) is 11.3 Å². The summed E-state index contributed by atoms with van der Waals surface area (Å²) < 4.78 is 18.5. The van der Waals surface area contributed by atoms with Gasteiger partial charge in [-0.3, -0.25) is 9.59 Å². The van der Waals surface area contributed by atoms with E-state index in [0.717, 1.165) is 0 Å². The molecule has 0 fully saturated rings. The molecule has 138 valence electrons. The molecule has 0 aliphatic heterocycles. The maximum Gasteiger partial charge on any atom is 0.265 e. The van der Waals surface area contributed by atoms with E-state index in [4.69, 9.17) is 4.74 Å². The van der Waals surface area contributed by atoms with Gasteiger partial charge in [-0.1, -0.05) is 12.1 Å². The molecule has 26 heavy (non-hydrogen) atoms. The molecule has 2 aromatic carbocycles. The average molecular weight is 358 g/mol. The second-order valence-electron chi connectivity index (χ2n) is 5.73. The lowest BCUT2D eigenvalue weighted by Gasteiger charge is -2.21. The van der Waals surface area contributed by atoms with E-state index in [1.807, 2.05) is 13.8 Å². The van der Waals surface area contributed by atoms with Gasteiger partial charge in [0, 0.05) is 13.1 Å². The third-order valence-electron chi connectivity index (χ3n) is 3.96. The van der Waals surface area contributed by atoms with Crippen LogP contribution in [0.4, 0.5) is 10.1 Å².